The van der Waals surface area contributed by atoms with Crippen LogP contribution < -0.4 is 4.74 Å². The molecule has 0 aliphatic carbocycles. The van der Waals surface area contributed by atoms with Gasteiger partial charge >= 0.3 is 0 Å². The zero-order chi connectivity index (χ0) is 14.0. The van der Waals surface area contributed by atoms with Crippen molar-refractivity contribution >= 4 is 27.5 Å². The SMILES string of the molecule is Fc1ccc(Br)c(F)c1COc1c(F)cccc1Cl. The van der Waals surface area contributed by atoms with Crippen LogP contribution in [0.1, 0.15) is 5.56 Å². The Morgan fingerprint density at radius 2 is 1.79 bits per heavy atom. The molecule has 0 heterocycles. The second-order valence-corrected chi connectivity index (χ2v) is 4.92. The van der Waals surface area contributed by atoms with Gasteiger partial charge in [0.2, 0.25) is 0 Å². The number of hydrogen-bond acceptors (Lipinski definition) is 1. The van der Waals surface area contributed by atoms with Crippen LogP contribution in [-0.2, 0) is 6.61 Å². The zero-order valence-electron chi connectivity index (χ0n) is 9.39. The van der Waals surface area contributed by atoms with Crippen molar-refractivity contribution < 1.29 is 17.9 Å². The van der Waals surface area contributed by atoms with Crippen molar-refractivity contribution in [3.63, 3.8) is 0 Å². The van der Waals surface area contributed by atoms with E-state index in [-0.39, 0.29) is 20.8 Å². The van der Waals surface area contributed by atoms with E-state index >= 15 is 0 Å². The van der Waals surface area contributed by atoms with Crippen molar-refractivity contribution in [3.8, 4) is 5.75 Å². The predicted molar refractivity (Wildman–Crippen MR) is 69.8 cm³/mol. The van der Waals surface area contributed by atoms with Crippen LogP contribution in [0.25, 0.3) is 0 Å². The van der Waals surface area contributed by atoms with E-state index in [0.29, 0.717) is 0 Å². The lowest BCUT2D eigenvalue weighted by molar-refractivity contribution is 0.278. The maximum Gasteiger partial charge on any atom is 0.174 e. The first-order valence-corrected chi connectivity index (χ1v) is 6.37. The van der Waals surface area contributed by atoms with Crippen LogP contribution in [0.2, 0.25) is 5.02 Å². The van der Waals surface area contributed by atoms with Crippen LogP contribution in [0, 0.1) is 17.5 Å². The molecule has 6 heteroatoms. The number of hydrogen-bond donors (Lipinski definition) is 0. The van der Waals surface area contributed by atoms with Crippen LogP contribution >= 0.6 is 27.5 Å². The Hall–Kier alpha value is -1.20. The minimum absolute atomic E-state index is 0.0378. The van der Waals surface area contributed by atoms with Crippen molar-refractivity contribution in [1.82, 2.24) is 0 Å². The summed E-state index contributed by atoms with van der Waals surface area (Å²) in [6, 6.07) is 6.31. The molecule has 0 radical (unpaired) electrons. The van der Waals surface area contributed by atoms with Gasteiger partial charge in [-0.05, 0) is 40.2 Å². The molecule has 0 atom stereocenters. The summed E-state index contributed by atoms with van der Waals surface area (Å²) in [5.41, 5.74) is -0.298. The maximum absolute atomic E-state index is 13.7. The van der Waals surface area contributed by atoms with Crippen molar-refractivity contribution in [1.29, 1.82) is 0 Å². The standard InChI is InChI=1S/C13H7BrClF3O/c14-8-4-5-10(16)7(12(8)18)6-19-13-9(15)2-1-3-11(13)17/h1-5H,6H2. The summed E-state index contributed by atoms with van der Waals surface area (Å²) >= 11 is 8.68. The van der Waals surface area contributed by atoms with E-state index in [0.717, 1.165) is 12.1 Å². The van der Waals surface area contributed by atoms with E-state index in [2.05, 4.69) is 15.9 Å². The third kappa shape index (κ3) is 3.04. The molecule has 0 aliphatic heterocycles. The van der Waals surface area contributed by atoms with Gasteiger partial charge in [0.15, 0.2) is 11.6 Å². The van der Waals surface area contributed by atoms with Gasteiger partial charge in [-0.25, -0.2) is 13.2 Å². The molecule has 0 saturated carbocycles. The van der Waals surface area contributed by atoms with Crippen LogP contribution in [0.3, 0.4) is 0 Å². The van der Waals surface area contributed by atoms with Crippen LogP contribution in [0.5, 0.6) is 5.75 Å². The summed E-state index contributed by atoms with van der Waals surface area (Å²) in [6.07, 6.45) is 0. The monoisotopic (exact) mass is 350 g/mol. The average Bonchev–Trinajstić information content (AvgIpc) is 2.37. The van der Waals surface area contributed by atoms with Crippen molar-refractivity contribution in [2.45, 2.75) is 6.61 Å². The molecule has 19 heavy (non-hydrogen) atoms. The van der Waals surface area contributed by atoms with Crippen LogP contribution in [0.4, 0.5) is 13.2 Å². The first kappa shape index (κ1) is 14.2. The fraction of sp³-hybridized carbons (Fsp3) is 0.0769. The molecule has 0 aromatic heterocycles. The highest BCUT2D eigenvalue weighted by atomic mass is 79.9. The van der Waals surface area contributed by atoms with Gasteiger partial charge in [-0.2, -0.15) is 0 Å². The zero-order valence-corrected chi connectivity index (χ0v) is 11.7. The lowest BCUT2D eigenvalue weighted by Crippen LogP contribution is -2.04. The molecular formula is C13H7BrClF3O. The Balaban J connectivity index is 2.27. The van der Waals surface area contributed by atoms with Gasteiger partial charge in [-0.1, -0.05) is 17.7 Å². The van der Waals surface area contributed by atoms with Crippen molar-refractivity contribution in [3.05, 3.63) is 62.8 Å². The molecule has 0 amide bonds. The number of halogens is 5. The molecule has 0 fully saturated rings. The topological polar surface area (TPSA) is 9.23 Å². The van der Waals surface area contributed by atoms with E-state index in [4.69, 9.17) is 16.3 Å². The Bertz CT molecular complexity index is 599. The summed E-state index contributed by atoms with van der Waals surface area (Å²) < 4.78 is 45.7. The number of para-hydroxylation sites is 1. The highest BCUT2D eigenvalue weighted by Crippen LogP contribution is 2.29. The highest BCUT2D eigenvalue weighted by molar-refractivity contribution is 9.10. The molecule has 1 nitrogen and oxygen atoms in total. The fourth-order valence-electron chi connectivity index (χ4n) is 1.47. The largest absolute Gasteiger partial charge is 0.484 e. The van der Waals surface area contributed by atoms with Crippen molar-refractivity contribution in [2.75, 3.05) is 0 Å². The minimum atomic E-state index is -0.785. The normalized spacial score (nSPS) is 10.6. The molecule has 0 unspecified atom stereocenters. The molecule has 100 valence electrons. The molecule has 2 aromatic carbocycles. The first-order valence-electron chi connectivity index (χ1n) is 5.20. The minimum Gasteiger partial charge on any atom is -0.484 e. The Labute approximate surface area is 121 Å². The fourth-order valence-corrected chi connectivity index (χ4v) is 2.06. The van der Waals surface area contributed by atoms with Gasteiger partial charge in [0.1, 0.15) is 18.2 Å². The molecule has 0 bridgehead atoms. The van der Waals surface area contributed by atoms with E-state index in [1.165, 1.54) is 18.2 Å². The molecule has 2 rings (SSSR count). The van der Waals surface area contributed by atoms with Gasteiger partial charge < -0.3 is 4.74 Å². The smallest absolute Gasteiger partial charge is 0.174 e. The van der Waals surface area contributed by atoms with E-state index in [1.807, 2.05) is 0 Å². The van der Waals surface area contributed by atoms with Gasteiger partial charge in [0.05, 0.1) is 15.1 Å². The lowest BCUT2D eigenvalue weighted by Gasteiger charge is -2.10. The van der Waals surface area contributed by atoms with E-state index in [9.17, 15) is 13.2 Å². The quantitative estimate of drug-likeness (QED) is 0.699. The lowest BCUT2D eigenvalue weighted by atomic mass is 10.2. The average molecular weight is 352 g/mol. The summed E-state index contributed by atoms with van der Waals surface area (Å²) in [5, 5.41) is 0.0378. The Morgan fingerprint density at radius 1 is 1.05 bits per heavy atom. The van der Waals surface area contributed by atoms with Gasteiger partial charge in [-0.3, -0.25) is 0 Å². The second kappa shape index (κ2) is 5.84. The molecule has 0 saturated heterocycles. The summed E-state index contributed by atoms with van der Waals surface area (Å²) in [6.45, 7) is -0.461. The van der Waals surface area contributed by atoms with E-state index in [1.54, 1.807) is 0 Å². The van der Waals surface area contributed by atoms with Crippen LogP contribution in [-0.4, -0.2) is 0 Å². The highest BCUT2D eigenvalue weighted by Gasteiger charge is 2.15. The van der Waals surface area contributed by atoms with Gasteiger partial charge in [-0.15, -0.1) is 0 Å². The molecule has 0 aliphatic rings. The molecule has 0 spiro atoms. The first-order chi connectivity index (χ1) is 9.00. The third-order valence-corrected chi connectivity index (χ3v) is 3.33. The summed E-state index contributed by atoms with van der Waals surface area (Å²) in [7, 11) is 0. The Kier molecular flexibility index (Phi) is 4.37. The molecule has 0 N–H and O–H groups in total. The summed E-state index contributed by atoms with van der Waals surface area (Å²) in [5.74, 6) is -2.48. The Morgan fingerprint density at radius 3 is 2.47 bits per heavy atom. The molecule has 2 aromatic rings. The summed E-state index contributed by atoms with van der Waals surface area (Å²) in [4.78, 5) is 0. The number of benzene rings is 2. The van der Waals surface area contributed by atoms with Gasteiger partial charge in [0, 0.05) is 0 Å². The maximum atomic E-state index is 13.7. The third-order valence-electron chi connectivity index (χ3n) is 2.42. The predicted octanol–water partition coefficient (Wildman–Crippen LogP) is 5.10. The van der Waals surface area contributed by atoms with Crippen molar-refractivity contribution in [2.24, 2.45) is 0 Å². The van der Waals surface area contributed by atoms with Gasteiger partial charge in [0.25, 0.3) is 0 Å². The number of rotatable bonds is 3. The van der Waals surface area contributed by atoms with Crippen LogP contribution in [0.15, 0.2) is 34.8 Å². The molecular weight excluding hydrogens is 344 g/mol. The van der Waals surface area contributed by atoms with E-state index < -0.39 is 24.1 Å². The number of ether oxygens (including phenoxy) is 1. The second-order valence-electron chi connectivity index (χ2n) is 3.66.